The quantitative estimate of drug-likeness (QED) is 0.340. The number of anilines is 1. The maximum absolute atomic E-state index is 13.7. The molecule has 0 N–H and O–H groups in total. The molecule has 1 fully saturated rings. The fourth-order valence-electron chi connectivity index (χ4n) is 4.21. The molecule has 0 aliphatic carbocycles. The Labute approximate surface area is 224 Å². The number of carbonyl (C=O) groups excluding carboxylic acids is 1. The van der Waals surface area contributed by atoms with Crippen LogP contribution in [0.3, 0.4) is 0 Å². The van der Waals surface area contributed by atoms with Gasteiger partial charge in [0.2, 0.25) is 5.91 Å². The molecule has 0 spiro atoms. The summed E-state index contributed by atoms with van der Waals surface area (Å²) < 4.78 is 29.0. The summed E-state index contributed by atoms with van der Waals surface area (Å²) in [5, 5.41) is 1.29. The summed E-state index contributed by atoms with van der Waals surface area (Å²) in [7, 11) is -3.60. The summed E-state index contributed by atoms with van der Waals surface area (Å²) in [6, 6.07) is 8.66. The van der Waals surface area contributed by atoms with E-state index >= 15 is 0 Å². The van der Waals surface area contributed by atoms with Gasteiger partial charge in [0.05, 0.1) is 14.6 Å². The lowest BCUT2D eigenvalue weighted by Gasteiger charge is -2.33. The number of rotatable bonds is 9. The Balaban J connectivity index is 1.51. The molecule has 0 saturated carbocycles. The molecule has 1 aliphatic heterocycles. The highest BCUT2D eigenvalue weighted by Crippen LogP contribution is 2.34. The highest BCUT2D eigenvalue weighted by atomic mass is 35.5. The van der Waals surface area contributed by atoms with Gasteiger partial charge >= 0.3 is 0 Å². The van der Waals surface area contributed by atoms with Gasteiger partial charge in [-0.15, -0.1) is 11.3 Å². The van der Waals surface area contributed by atoms with E-state index in [0.29, 0.717) is 47.0 Å². The van der Waals surface area contributed by atoms with E-state index in [4.69, 9.17) is 28.2 Å². The minimum absolute atomic E-state index is 0.00137. The zero-order valence-electron chi connectivity index (χ0n) is 19.6. The number of fused-ring (bicyclic) bond motifs is 1. The van der Waals surface area contributed by atoms with Crippen molar-refractivity contribution in [3.63, 3.8) is 0 Å². The van der Waals surface area contributed by atoms with Crippen LogP contribution in [-0.2, 0) is 14.8 Å². The van der Waals surface area contributed by atoms with Crippen LogP contribution in [0.4, 0.5) is 5.13 Å². The van der Waals surface area contributed by atoms with E-state index in [1.54, 1.807) is 17.0 Å². The van der Waals surface area contributed by atoms with Crippen molar-refractivity contribution in [1.82, 2.24) is 14.2 Å². The molecule has 12 heteroatoms. The van der Waals surface area contributed by atoms with Crippen LogP contribution in [-0.4, -0.2) is 67.8 Å². The third-order valence-corrected chi connectivity index (χ3v) is 11.2. The van der Waals surface area contributed by atoms with Gasteiger partial charge < -0.3 is 4.90 Å². The monoisotopic (exact) mass is 574 g/mol. The molecular formula is C23H28Cl2N4O3S3. The maximum Gasteiger partial charge on any atom is 0.252 e. The lowest BCUT2D eigenvalue weighted by molar-refractivity contribution is -0.123. The average molecular weight is 576 g/mol. The van der Waals surface area contributed by atoms with Crippen molar-refractivity contribution in [2.45, 2.75) is 30.9 Å². The standard InChI is InChI=1S/C23H28Cl2N4O3S3/c1-3-27(4-2)13-14-29(23-26-18-6-5-17(24)15-19(18)33-23)22(30)16-9-11-28(12-10-16)35(31,32)21-8-7-20(25)34-21/h5-8,15-16H,3-4,9-14H2,1-2H3. The van der Waals surface area contributed by atoms with Crippen molar-refractivity contribution < 1.29 is 13.2 Å². The third kappa shape index (κ3) is 6.01. The third-order valence-electron chi connectivity index (χ3n) is 6.32. The summed E-state index contributed by atoms with van der Waals surface area (Å²) >= 11 is 14.6. The first-order valence-corrected chi connectivity index (χ1v) is 15.4. The molecule has 0 atom stereocenters. The molecule has 1 saturated heterocycles. The van der Waals surface area contributed by atoms with Crippen LogP contribution in [0.1, 0.15) is 26.7 Å². The average Bonchev–Trinajstić information content (AvgIpc) is 3.48. The summed E-state index contributed by atoms with van der Waals surface area (Å²) in [4.78, 5) is 22.5. The summed E-state index contributed by atoms with van der Waals surface area (Å²) in [5.41, 5.74) is 0.811. The smallest absolute Gasteiger partial charge is 0.252 e. The van der Waals surface area contributed by atoms with Crippen LogP contribution in [0, 0.1) is 5.92 Å². The van der Waals surface area contributed by atoms with E-state index in [2.05, 4.69) is 18.7 Å². The number of likely N-dealkylation sites (N-methyl/N-ethyl adjacent to an activating group) is 1. The molecule has 3 heterocycles. The first kappa shape index (κ1) is 26.8. The maximum atomic E-state index is 13.7. The molecule has 1 amide bonds. The zero-order valence-corrected chi connectivity index (χ0v) is 23.6. The van der Waals surface area contributed by atoms with Crippen molar-refractivity contribution in [2.75, 3.05) is 44.2 Å². The molecule has 0 unspecified atom stereocenters. The van der Waals surface area contributed by atoms with Crippen LogP contribution in [0.5, 0.6) is 0 Å². The SMILES string of the molecule is CCN(CC)CCN(C(=O)C1CCN(S(=O)(=O)c2ccc(Cl)s2)CC1)c1nc2ccc(Cl)cc2s1. The molecule has 1 aromatic carbocycles. The van der Waals surface area contributed by atoms with E-state index in [-0.39, 0.29) is 16.0 Å². The van der Waals surface area contributed by atoms with Gasteiger partial charge in [0.15, 0.2) is 5.13 Å². The number of hydrogen-bond acceptors (Lipinski definition) is 7. The fraction of sp³-hybridized carbons (Fsp3) is 0.478. The Kier molecular flexibility index (Phi) is 8.73. The Bertz CT molecular complexity index is 1280. The summed E-state index contributed by atoms with van der Waals surface area (Å²) in [6.07, 6.45) is 0.936. The van der Waals surface area contributed by atoms with Crippen LogP contribution >= 0.6 is 45.9 Å². The van der Waals surface area contributed by atoms with E-state index in [9.17, 15) is 13.2 Å². The molecule has 3 aromatic rings. The Hall–Kier alpha value is -1.27. The predicted molar refractivity (Wildman–Crippen MR) is 146 cm³/mol. The van der Waals surface area contributed by atoms with Crippen LogP contribution < -0.4 is 4.90 Å². The second kappa shape index (κ2) is 11.4. The molecule has 4 rings (SSSR count). The second-order valence-electron chi connectivity index (χ2n) is 8.36. The number of carbonyl (C=O) groups is 1. The molecular weight excluding hydrogens is 547 g/mol. The van der Waals surface area contributed by atoms with Gasteiger partial charge in [-0.2, -0.15) is 4.31 Å². The van der Waals surface area contributed by atoms with Gasteiger partial charge in [-0.1, -0.05) is 48.4 Å². The zero-order chi connectivity index (χ0) is 25.2. The predicted octanol–water partition coefficient (Wildman–Crippen LogP) is 5.44. The number of thiophene rings is 1. The molecule has 0 radical (unpaired) electrons. The van der Waals surface area contributed by atoms with Crippen molar-refractivity contribution in [2.24, 2.45) is 5.92 Å². The highest BCUT2D eigenvalue weighted by Gasteiger charge is 2.35. The minimum Gasteiger partial charge on any atom is -0.302 e. The van der Waals surface area contributed by atoms with Crippen LogP contribution in [0.15, 0.2) is 34.5 Å². The number of aromatic nitrogens is 1. The normalized spacial score (nSPS) is 15.8. The number of nitrogens with zero attached hydrogens (tertiary/aromatic N) is 4. The van der Waals surface area contributed by atoms with Crippen molar-refractivity contribution in [1.29, 1.82) is 0 Å². The molecule has 190 valence electrons. The van der Waals surface area contributed by atoms with E-state index < -0.39 is 10.0 Å². The minimum atomic E-state index is -3.60. The summed E-state index contributed by atoms with van der Waals surface area (Å²) in [6.45, 7) is 7.87. The van der Waals surface area contributed by atoms with Crippen LogP contribution in [0.25, 0.3) is 10.2 Å². The lowest BCUT2D eigenvalue weighted by Crippen LogP contribution is -2.46. The second-order valence-corrected chi connectivity index (χ2v) is 13.7. The first-order valence-electron chi connectivity index (χ1n) is 11.6. The number of amides is 1. The number of thiazole rings is 1. The molecule has 0 bridgehead atoms. The number of benzene rings is 1. The molecule has 7 nitrogen and oxygen atoms in total. The van der Waals surface area contributed by atoms with Crippen molar-refractivity contribution in [3.05, 3.63) is 39.7 Å². The van der Waals surface area contributed by atoms with E-state index in [0.717, 1.165) is 41.2 Å². The van der Waals surface area contributed by atoms with Crippen molar-refractivity contribution >= 4 is 77.2 Å². The topological polar surface area (TPSA) is 73.8 Å². The number of piperidine rings is 1. The Morgan fingerprint density at radius 1 is 1.09 bits per heavy atom. The first-order chi connectivity index (χ1) is 16.7. The Morgan fingerprint density at radius 2 is 1.80 bits per heavy atom. The lowest BCUT2D eigenvalue weighted by atomic mass is 9.96. The van der Waals surface area contributed by atoms with Gasteiger partial charge in [-0.25, -0.2) is 13.4 Å². The van der Waals surface area contributed by atoms with Gasteiger partial charge in [0.25, 0.3) is 10.0 Å². The highest BCUT2D eigenvalue weighted by molar-refractivity contribution is 7.91. The van der Waals surface area contributed by atoms with E-state index in [1.807, 2.05) is 12.1 Å². The van der Waals surface area contributed by atoms with Gasteiger partial charge in [-0.3, -0.25) is 9.69 Å². The van der Waals surface area contributed by atoms with Crippen LogP contribution in [0.2, 0.25) is 9.36 Å². The molecule has 2 aromatic heterocycles. The number of hydrogen-bond donors (Lipinski definition) is 0. The Morgan fingerprint density at radius 3 is 2.43 bits per heavy atom. The van der Waals surface area contributed by atoms with Gasteiger partial charge in [0.1, 0.15) is 4.21 Å². The van der Waals surface area contributed by atoms with Crippen molar-refractivity contribution in [3.8, 4) is 0 Å². The fourth-order valence-corrected chi connectivity index (χ4v) is 8.59. The number of halogens is 2. The molecule has 35 heavy (non-hydrogen) atoms. The van der Waals surface area contributed by atoms with E-state index in [1.165, 1.54) is 21.7 Å². The molecule has 1 aliphatic rings. The van der Waals surface area contributed by atoms with Gasteiger partial charge in [0, 0.05) is 37.1 Å². The summed E-state index contributed by atoms with van der Waals surface area (Å²) in [5.74, 6) is -0.265. The number of sulfonamides is 1. The largest absolute Gasteiger partial charge is 0.302 e. The van der Waals surface area contributed by atoms with Gasteiger partial charge in [-0.05, 0) is 56.3 Å².